The van der Waals surface area contributed by atoms with Crippen LogP contribution in [-0.4, -0.2) is 25.0 Å². The van der Waals surface area contributed by atoms with Gasteiger partial charge in [-0.3, -0.25) is 14.9 Å². The molecule has 2 N–H and O–H groups in total. The summed E-state index contributed by atoms with van der Waals surface area (Å²) in [6, 6.07) is 2.61. The molecule has 10 heteroatoms. The molecule has 0 fully saturated rings. The third kappa shape index (κ3) is 2.41. The van der Waals surface area contributed by atoms with Gasteiger partial charge in [0.1, 0.15) is 5.69 Å². The fourth-order valence-corrected chi connectivity index (χ4v) is 1.84. The number of aromatic nitrogens is 4. The van der Waals surface area contributed by atoms with Gasteiger partial charge in [0, 0.05) is 6.07 Å². The highest BCUT2D eigenvalue weighted by Crippen LogP contribution is 2.28. The van der Waals surface area contributed by atoms with Crippen LogP contribution in [0.5, 0.6) is 0 Å². The molecule has 0 spiro atoms. The SMILES string of the molecule is O=c1[nH]cnc2cc(NCc3ncon3)c([N+](=O)[O-])cc12. The van der Waals surface area contributed by atoms with E-state index in [-0.39, 0.29) is 23.3 Å². The first-order valence-electron chi connectivity index (χ1n) is 5.80. The highest BCUT2D eigenvalue weighted by Gasteiger charge is 2.17. The van der Waals surface area contributed by atoms with E-state index in [1.807, 2.05) is 0 Å². The van der Waals surface area contributed by atoms with Gasteiger partial charge in [-0.2, -0.15) is 4.98 Å². The van der Waals surface area contributed by atoms with Crippen molar-refractivity contribution in [3.8, 4) is 0 Å². The average molecular weight is 288 g/mol. The van der Waals surface area contributed by atoms with Gasteiger partial charge in [-0.05, 0) is 6.07 Å². The Morgan fingerprint density at radius 1 is 1.38 bits per heavy atom. The van der Waals surface area contributed by atoms with Crippen LogP contribution in [0.25, 0.3) is 10.9 Å². The summed E-state index contributed by atoms with van der Waals surface area (Å²) in [7, 11) is 0. The van der Waals surface area contributed by atoms with Crippen LogP contribution in [0.15, 0.2) is 34.2 Å². The van der Waals surface area contributed by atoms with Gasteiger partial charge in [0.05, 0.1) is 28.7 Å². The summed E-state index contributed by atoms with van der Waals surface area (Å²) in [5.74, 6) is 0.350. The lowest BCUT2D eigenvalue weighted by atomic mass is 10.2. The van der Waals surface area contributed by atoms with E-state index >= 15 is 0 Å². The maximum atomic E-state index is 11.6. The Morgan fingerprint density at radius 2 is 2.24 bits per heavy atom. The van der Waals surface area contributed by atoms with Crippen LogP contribution in [0, 0.1) is 10.1 Å². The van der Waals surface area contributed by atoms with Crippen LogP contribution in [0.2, 0.25) is 0 Å². The molecule has 2 aromatic heterocycles. The topological polar surface area (TPSA) is 140 Å². The van der Waals surface area contributed by atoms with Crippen molar-refractivity contribution in [2.45, 2.75) is 6.54 Å². The summed E-state index contributed by atoms with van der Waals surface area (Å²) in [5.41, 5.74) is -0.104. The number of nitrogens with one attached hydrogen (secondary N) is 2. The Labute approximate surface area is 116 Å². The number of nitrogens with zero attached hydrogens (tertiary/aromatic N) is 4. The molecule has 0 aliphatic carbocycles. The number of rotatable bonds is 4. The molecule has 0 saturated heterocycles. The Balaban J connectivity index is 2.05. The summed E-state index contributed by atoms with van der Waals surface area (Å²) >= 11 is 0. The molecule has 2 heterocycles. The van der Waals surface area contributed by atoms with Crippen LogP contribution < -0.4 is 10.9 Å². The van der Waals surface area contributed by atoms with Crippen molar-refractivity contribution < 1.29 is 9.45 Å². The van der Waals surface area contributed by atoms with E-state index < -0.39 is 10.5 Å². The van der Waals surface area contributed by atoms with Crippen molar-refractivity contribution in [1.29, 1.82) is 0 Å². The van der Waals surface area contributed by atoms with Crippen molar-refractivity contribution in [2.75, 3.05) is 5.32 Å². The number of nitro benzene ring substituents is 1. The van der Waals surface area contributed by atoms with Gasteiger partial charge in [0.15, 0.2) is 5.82 Å². The summed E-state index contributed by atoms with van der Waals surface area (Å²) in [5, 5.41) is 17.7. The lowest BCUT2D eigenvalue weighted by Crippen LogP contribution is -2.09. The molecule has 0 atom stereocenters. The molecule has 0 bridgehead atoms. The largest absolute Gasteiger partial charge is 0.372 e. The number of hydrogen-bond acceptors (Lipinski definition) is 8. The van der Waals surface area contributed by atoms with Crippen LogP contribution in [-0.2, 0) is 6.54 Å². The number of benzene rings is 1. The molecule has 1 aromatic carbocycles. The normalized spacial score (nSPS) is 10.7. The Kier molecular flexibility index (Phi) is 3.03. The zero-order valence-electron chi connectivity index (χ0n) is 10.4. The Morgan fingerprint density at radius 3 is 2.95 bits per heavy atom. The third-order valence-corrected chi connectivity index (χ3v) is 2.80. The Hall–Kier alpha value is -3.30. The number of fused-ring (bicyclic) bond motifs is 1. The van der Waals surface area contributed by atoms with Gasteiger partial charge in [0.25, 0.3) is 11.2 Å². The predicted molar refractivity (Wildman–Crippen MR) is 70.6 cm³/mol. The maximum absolute atomic E-state index is 11.6. The van der Waals surface area contributed by atoms with E-state index in [0.29, 0.717) is 11.3 Å². The fraction of sp³-hybridized carbons (Fsp3) is 0.0909. The predicted octanol–water partition coefficient (Wildman–Crippen LogP) is 0.826. The zero-order chi connectivity index (χ0) is 14.8. The summed E-state index contributed by atoms with van der Waals surface area (Å²) in [4.78, 5) is 32.3. The molecule has 21 heavy (non-hydrogen) atoms. The number of nitro groups is 1. The van der Waals surface area contributed by atoms with Crippen LogP contribution in [0.1, 0.15) is 5.82 Å². The summed E-state index contributed by atoms with van der Waals surface area (Å²) in [6.45, 7) is 0.145. The number of H-pyrrole nitrogens is 1. The van der Waals surface area contributed by atoms with E-state index in [9.17, 15) is 14.9 Å². The second-order valence-corrected chi connectivity index (χ2v) is 4.08. The van der Waals surface area contributed by atoms with E-state index in [4.69, 9.17) is 0 Å². The smallest absolute Gasteiger partial charge is 0.293 e. The van der Waals surface area contributed by atoms with Gasteiger partial charge in [-0.1, -0.05) is 5.16 Å². The van der Waals surface area contributed by atoms with Crippen molar-refractivity contribution >= 4 is 22.3 Å². The molecule has 3 aromatic rings. The first-order chi connectivity index (χ1) is 10.1. The van der Waals surface area contributed by atoms with Gasteiger partial charge in [-0.25, -0.2) is 4.98 Å². The zero-order valence-corrected chi connectivity index (χ0v) is 10.4. The molecular weight excluding hydrogens is 280 g/mol. The molecule has 0 unspecified atom stereocenters. The molecule has 0 saturated carbocycles. The molecule has 0 aliphatic heterocycles. The Bertz CT molecular complexity index is 857. The van der Waals surface area contributed by atoms with Gasteiger partial charge >= 0.3 is 0 Å². The summed E-state index contributed by atoms with van der Waals surface area (Å²) in [6.07, 6.45) is 2.40. The summed E-state index contributed by atoms with van der Waals surface area (Å²) < 4.78 is 4.57. The number of hydrogen-bond donors (Lipinski definition) is 2. The van der Waals surface area contributed by atoms with Crippen molar-refractivity contribution in [2.24, 2.45) is 0 Å². The highest BCUT2D eigenvalue weighted by molar-refractivity contribution is 5.86. The van der Waals surface area contributed by atoms with E-state index in [1.54, 1.807) is 0 Å². The molecular formula is C11H8N6O4. The fourth-order valence-electron chi connectivity index (χ4n) is 1.84. The van der Waals surface area contributed by atoms with E-state index in [0.717, 1.165) is 6.39 Å². The molecule has 106 valence electrons. The average Bonchev–Trinajstić information content (AvgIpc) is 2.97. The lowest BCUT2D eigenvalue weighted by molar-refractivity contribution is -0.383. The minimum absolute atomic E-state index is 0.145. The highest BCUT2D eigenvalue weighted by atomic mass is 16.6. The van der Waals surface area contributed by atoms with Crippen molar-refractivity contribution in [3.05, 3.63) is 51.1 Å². The van der Waals surface area contributed by atoms with Gasteiger partial charge in [-0.15, -0.1) is 0 Å². The van der Waals surface area contributed by atoms with Crippen molar-refractivity contribution in [3.63, 3.8) is 0 Å². The second kappa shape index (κ2) is 5.00. The minimum Gasteiger partial charge on any atom is -0.372 e. The monoisotopic (exact) mass is 288 g/mol. The number of aromatic amines is 1. The number of anilines is 1. The lowest BCUT2D eigenvalue weighted by Gasteiger charge is -2.06. The van der Waals surface area contributed by atoms with Gasteiger partial charge < -0.3 is 14.8 Å². The third-order valence-electron chi connectivity index (χ3n) is 2.80. The first-order valence-corrected chi connectivity index (χ1v) is 5.80. The van der Waals surface area contributed by atoms with Crippen LogP contribution >= 0.6 is 0 Å². The molecule has 0 radical (unpaired) electrons. The first kappa shape index (κ1) is 12.7. The molecule has 0 amide bonds. The van der Waals surface area contributed by atoms with Crippen LogP contribution in [0.4, 0.5) is 11.4 Å². The van der Waals surface area contributed by atoms with E-state index in [2.05, 4.69) is 29.9 Å². The van der Waals surface area contributed by atoms with E-state index in [1.165, 1.54) is 18.5 Å². The standard InChI is InChI=1S/C11H8N6O4/c18-11-6-1-9(17(19)20)8(2-7(6)13-4-14-11)12-3-10-15-5-21-16-10/h1-2,4-5,12H,3H2,(H,13,14,18). The maximum Gasteiger partial charge on any atom is 0.293 e. The van der Waals surface area contributed by atoms with Crippen LogP contribution in [0.3, 0.4) is 0 Å². The minimum atomic E-state index is -0.579. The molecule has 0 aliphatic rings. The molecule has 3 rings (SSSR count). The molecule has 10 nitrogen and oxygen atoms in total. The second-order valence-electron chi connectivity index (χ2n) is 4.08. The van der Waals surface area contributed by atoms with Gasteiger partial charge in [0.2, 0.25) is 6.39 Å². The quantitative estimate of drug-likeness (QED) is 0.531. The van der Waals surface area contributed by atoms with Crippen molar-refractivity contribution in [1.82, 2.24) is 20.1 Å².